The van der Waals surface area contributed by atoms with Crippen LogP contribution in [-0.4, -0.2) is 34.6 Å². The second-order valence-electron chi connectivity index (χ2n) is 4.92. The van der Waals surface area contributed by atoms with Gasteiger partial charge < -0.3 is 15.3 Å². The van der Waals surface area contributed by atoms with Crippen molar-refractivity contribution in [2.75, 3.05) is 6.54 Å². The van der Waals surface area contributed by atoms with Gasteiger partial charge in [0.05, 0.1) is 0 Å². The van der Waals surface area contributed by atoms with Crippen LogP contribution in [0, 0.1) is 6.92 Å². The highest BCUT2D eigenvalue weighted by molar-refractivity contribution is 5.80. The largest absolute Gasteiger partial charge is 0.480 e. The summed E-state index contributed by atoms with van der Waals surface area (Å²) < 4.78 is 0. The summed E-state index contributed by atoms with van der Waals surface area (Å²) in [5.74, 6) is -1.00. The number of carbonyl (C=O) groups is 2. The minimum atomic E-state index is -1.00. The van der Waals surface area contributed by atoms with Gasteiger partial charge in [0.1, 0.15) is 6.54 Å². The summed E-state index contributed by atoms with van der Waals surface area (Å²) in [7, 11) is 0. The van der Waals surface area contributed by atoms with E-state index in [1.807, 2.05) is 45.0 Å². The van der Waals surface area contributed by atoms with E-state index in [0.717, 1.165) is 11.1 Å². The van der Waals surface area contributed by atoms with Gasteiger partial charge >= 0.3 is 12.0 Å². The summed E-state index contributed by atoms with van der Waals surface area (Å²) in [6.07, 6.45) is 0.714. The van der Waals surface area contributed by atoms with Gasteiger partial charge in [-0.15, -0.1) is 0 Å². The molecule has 110 valence electrons. The van der Waals surface area contributed by atoms with Gasteiger partial charge in [0.2, 0.25) is 0 Å². The van der Waals surface area contributed by atoms with Gasteiger partial charge in [-0.25, -0.2) is 4.79 Å². The van der Waals surface area contributed by atoms with Gasteiger partial charge in [0, 0.05) is 12.6 Å². The van der Waals surface area contributed by atoms with Crippen molar-refractivity contribution in [3.63, 3.8) is 0 Å². The minimum Gasteiger partial charge on any atom is -0.480 e. The highest BCUT2D eigenvalue weighted by Crippen LogP contribution is 2.06. The first-order valence-corrected chi connectivity index (χ1v) is 6.75. The second kappa shape index (κ2) is 7.53. The molecule has 0 aliphatic heterocycles. The molecule has 5 nitrogen and oxygen atoms in total. The van der Waals surface area contributed by atoms with E-state index in [2.05, 4.69) is 5.32 Å². The predicted octanol–water partition coefficient (Wildman–Crippen LogP) is 2.39. The number of carboxylic acid groups (broad SMARTS) is 1. The number of amides is 2. The molecule has 0 fully saturated rings. The van der Waals surface area contributed by atoms with Crippen LogP contribution in [0.2, 0.25) is 0 Å². The number of carboxylic acids is 1. The van der Waals surface area contributed by atoms with Crippen LogP contribution >= 0.6 is 0 Å². The number of aryl methyl sites for hydroxylation is 1. The third-order valence-electron chi connectivity index (χ3n) is 3.25. The first-order chi connectivity index (χ1) is 9.43. The number of hydrogen-bond acceptors (Lipinski definition) is 2. The third kappa shape index (κ3) is 4.91. The summed E-state index contributed by atoms with van der Waals surface area (Å²) in [5, 5.41) is 11.6. The van der Waals surface area contributed by atoms with Crippen molar-refractivity contribution in [2.24, 2.45) is 0 Å². The molecule has 1 aromatic carbocycles. The van der Waals surface area contributed by atoms with Crippen LogP contribution < -0.4 is 5.32 Å². The highest BCUT2D eigenvalue weighted by atomic mass is 16.4. The van der Waals surface area contributed by atoms with Crippen molar-refractivity contribution in [1.29, 1.82) is 0 Å². The average Bonchev–Trinajstić information content (AvgIpc) is 2.42. The Hall–Kier alpha value is -2.04. The molecular formula is C15H22N2O3. The zero-order valence-electron chi connectivity index (χ0n) is 12.2. The maximum absolute atomic E-state index is 12.1. The van der Waals surface area contributed by atoms with Gasteiger partial charge in [-0.1, -0.05) is 36.8 Å². The van der Waals surface area contributed by atoms with Crippen LogP contribution in [0.1, 0.15) is 31.4 Å². The molecular weight excluding hydrogens is 256 g/mol. The molecule has 0 aliphatic rings. The van der Waals surface area contributed by atoms with Gasteiger partial charge in [0.25, 0.3) is 0 Å². The second-order valence-corrected chi connectivity index (χ2v) is 4.92. The van der Waals surface area contributed by atoms with E-state index in [1.54, 1.807) is 0 Å². The van der Waals surface area contributed by atoms with Crippen molar-refractivity contribution in [2.45, 2.75) is 39.8 Å². The molecule has 0 aromatic heterocycles. The lowest BCUT2D eigenvalue weighted by molar-refractivity contribution is -0.138. The zero-order chi connectivity index (χ0) is 15.1. The van der Waals surface area contributed by atoms with Crippen molar-refractivity contribution in [3.8, 4) is 0 Å². The highest BCUT2D eigenvalue weighted by Gasteiger charge is 2.21. The van der Waals surface area contributed by atoms with E-state index in [-0.39, 0.29) is 18.6 Å². The molecule has 5 heteroatoms. The molecule has 0 saturated carbocycles. The lowest BCUT2D eigenvalue weighted by atomic mass is 10.1. The lowest BCUT2D eigenvalue weighted by Gasteiger charge is -2.27. The molecule has 2 amide bonds. The van der Waals surface area contributed by atoms with E-state index < -0.39 is 5.97 Å². The summed E-state index contributed by atoms with van der Waals surface area (Å²) in [4.78, 5) is 24.2. The van der Waals surface area contributed by atoms with Crippen molar-refractivity contribution in [3.05, 3.63) is 35.4 Å². The van der Waals surface area contributed by atoms with Crippen LogP contribution in [0.3, 0.4) is 0 Å². The van der Waals surface area contributed by atoms with Gasteiger partial charge in [-0.2, -0.15) is 0 Å². The van der Waals surface area contributed by atoms with Crippen molar-refractivity contribution >= 4 is 12.0 Å². The van der Waals surface area contributed by atoms with E-state index in [0.29, 0.717) is 13.0 Å². The number of carbonyl (C=O) groups excluding carboxylic acids is 1. The quantitative estimate of drug-likeness (QED) is 0.839. The first kappa shape index (κ1) is 16.0. The Bertz CT molecular complexity index is 457. The SMILES string of the molecule is CCC(C)N(CC(=O)O)C(=O)NCc1ccc(C)cc1. The van der Waals surface area contributed by atoms with Crippen LogP contribution in [-0.2, 0) is 11.3 Å². The Morgan fingerprint density at radius 2 is 1.90 bits per heavy atom. The zero-order valence-corrected chi connectivity index (χ0v) is 12.2. The molecule has 0 bridgehead atoms. The van der Waals surface area contributed by atoms with E-state index >= 15 is 0 Å². The van der Waals surface area contributed by atoms with Crippen LogP contribution in [0.4, 0.5) is 4.79 Å². The molecule has 0 aliphatic carbocycles. The van der Waals surface area contributed by atoms with E-state index in [4.69, 9.17) is 5.11 Å². The number of benzene rings is 1. The average molecular weight is 278 g/mol. The fourth-order valence-corrected chi connectivity index (χ4v) is 1.78. The molecule has 1 unspecified atom stereocenters. The van der Waals surface area contributed by atoms with Gasteiger partial charge in [-0.05, 0) is 25.8 Å². The number of rotatable bonds is 6. The summed E-state index contributed by atoms with van der Waals surface area (Å²) in [6, 6.07) is 7.39. The van der Waals surface area contributed by atoms with E-state index in [9.17, 15) is 9.59 Å². The van der Waals surface area contributed by atoms with Crippen molar-refractivity contribution < 1.29 is 14.7 Å². The lowest BCUT2D eigenvalue weighted by Crippen LogP contribution is -2.47. The number of urea groups is 1. The topological polar surface area (TPSA) is 69.6 Å². The molecule has 0 spiro atoms. The summed E-state index contributed by atoms with van der Waals surface area (Å²) in [5.41, 5.74) is 2.15. The standard InChI is InChI=1S/C15H22N2O3/c1-4-12(3)17(10-14(18)19)15(20)16-9-13-7-5-11(2)6-8-13/h5-8,12H,4,9-10H2,1-3H3,(H,16,20)(H,18,19). The maximum Gasteiger partial charge on any atom is 0.323 e. The fourth-order valence-electron chi connectivity index (χ4n) is 1.78. The fraction of sp³-hybridized carbons (Fsp3) is 0.467. The molecule has 20 heavy (non-hydrogen) atoms. The molecule has 1 aromatic rings. The Labute approximate surface area is 119 Å². The Balaban J connectivity index is 2.61. The molecule has 2 N–H and O–H groups in total. The summed E-state index contributed by atoms with van der Waals surface area (Å²) in [6.45, 7) is 5.88. The van der Waals surface area contributed by atoms with Crippen LogP contribution in [0.25, 0.3) is 0 Å². The van der Waals surface area contributed by atoms with E-state index in [1.165, 1.54) is 4.90 Å². The van der Waals surface area contributed by atoms with Gasteiger partial charge in [0.15, 0.2) is 0 Å². The number of nitrogens with one attached hydrogen (secondary N) is 1. The molecule has 0 saturated heterocycles. The summed E-state index contributed by atoms with van der Waals surface area (Å²) >= 11 is 0. The Morgan fingerprint density at radius 1 is 1.30 bits per heavy atom. The van der Waals surface area contributed by atoms with Crippen LogP contribution in [0.5, 0.6) is 0 Å². The third-order valence-corrected chi connectivity index (χ3v) is 3.25. The first-order valence-electron chi connectivity index (χ1n) is 6.75. The van der Waals surface area contributed by atoms with Gasteiger partial charge in [-0.3, -0.25) is 4.79 Å². The number of hydrogen-bond donors (Lipinski definition) is 2. The molecule has 1 atom stereocenters. The number of aliphatic carboxylic acids is 1. The molecule has 1 rings (SSSR count). The predicted molar refractivity (Wildman–Crippen MR) is 77.5 cm³/mol. The normalized spacial score (nSPS) is 11.8. The Morgan fingerprint density at radius 3 is 2.40 bits per heavy atom. The smallest absolute Gasteiger partial charge is 0.323 e. The minimum absolute atomic E-state index is 0.107. The monoisotopic (exact) mass is 278 g/mol. The number of nitrogens with zero attached hydrogens (tertiary/aromatic N) is 1. The molecule has 0 radical (unpaired) electrons. The Kier molecular flexibility index (Phi) is 6.03. The van der Waals surface area contributed by atoms with Crippen LogP contribution in [0.15, 0.2) is 24.3 Å². The maximum atomic E-state index is 12.1. The molecule has 0 heterocycles. The van der Waals surface area contributed by atoms with Crippen molar-refractivity contribution in [1.82, 2.24) is 10.2 Å².